The molecule has 3 nitrogen and oxygen atoms in total. The van der Waals surface area contributed by atoms with Crippen molar-refractivity contribution in [3.05, 3.63) is 36.2 Å². The van der Waals surface area contributed by atoms with Crippen LogP contribution in [0, 0.1) is 5.92 Å². The Hall–Kier alpha value is -1.09. The molecule has 0 amide bonds. The number of hydrogen-bond donors (Lipinski definition) is 0. The van der Waals surface area contributed by atoms with Crippen molar-refractivity contribution in [2.75, 3.05) is 11.9 Å². The standard InChI is InChI=1S/C19H26BrF4NO2S/c1-6-14(15(21)9-8-10-20)16(25-28-18(3,4)5)11-13(19(22,23)24)12-17(26)27-7-2/h6,8-9,13H,1,7,10-12H2,2-5H3/b9-8-,15-14-,25-16?. The summed E-state index contributed by atoms with van der Waals surface area (Å²) >= 11 is 4.15. The molecular formula is C19H26BrF4NO2S. The summed E-state index contributed by atoms with van der Waals surface area (Å²) in [4.78, 5) is 11.6. The van der Waals surface area contributed by atoms with Crippen LogP contribution in [-0.2, 0) is 9.53 Å². The fourth-order valence-electron chi connectivity index (χ4n) is 1.94. The molecular weight excluding hydrogens is 462 g/mol. The Morgan fingerprint density at radius 1 is 1.29 bits per heavy atom. The number of hydrogen-bond acceptors (Lipinski definition) is 4. The van der Waals surface area contributed by atoms with Crippen molar-refractivity contribution >= 4 is 39.6 Å². The lowest BCUT2D eigenvalue weighted by atomic mass is 9.93. The largest absolute Gasteiger partial charge is 0.466 e. The molecule has 0 saturated carbocycles. The molecule has 0 fully saturated rings. The smallest absolute Gasteiger partial charge is 0.392 e. The van der Waals surface area contributed by atoms with E-state index < -0.39 is 41.5 Å². The van der Waals surface area contributed by atoms with E-state index in [1.54, 1.807) is 0 Å². The Bertz CT molecular complexity index is 622. The molecule has 0 bridgehead atoms. The first-order chi connectivity index (χ1) is 12.9. The van der Waals surface area contributed by atoms with Crippen LogP contribution >= 0.6 is 27.9 Å². The summed E-state index contributed by atoms with van der Waals surface area (Å²) in [5.74, 6) is -3.76. The van der Waals surface area contributed by atoms with E-state index >= 15 is 0 Å². The third kappa shape index (κ3) is 11.0. The monoisotopic (exact) mass is 487 g/mol. The topological polar surface area (TPSA) is 38.7 Å². The summed E-state index contributed by atoms with van der Waals surface area (Å²) in [5.41, 5.74) is -0.245. The molecule has 0 aliphatic rings. The van der Waals surface area contributed by atoms with Crippen molar-refractivity contribution in [1.29, 1.82) is 0 Å². The van der Waals surface area contributed by atoms with Gasteiger partial charge in [-0.15, -0.1) is 0 Å². The van der Waals surface area contributed by atoms with Crippen molar-refractivity contribution in [2.45, 2.75) is 51.5 Å². The van der Waals surface area contributed by atoms with Crippen molar-refractivity contribution in [3.8, 4) is 0 Å². The Balaban J connectivity index is 6.04. The zero-order valence-corrected chi connectivity index (χ0v) is 18.8. The molecule has 160 valence electrons. The van der Waals surface area contributed by atoms with E-state index in [9.17, 15) is 22.4 Å². The molecule has 0 aromatic heterocycles. The number of nitrogens with zero attached hydrogens (tertiary/aromatic N) is 1. The van der Waals surface area contributed by atoms with Crippen molar-refractivity contribution < 1.29 is 27.1 Å². The second-order valence-electron chi connectivity index (χ2n) is 6.72. The average molecular weight is 488 g/mol. The highest BCUT2D eigenvalue weighted by Crippen LogP contribution is 2.35. The molecule has 0 aliphatic heterocycles. The summed E-state index contributed by atoms with van der Waals surface area (Å²) in [7, 11) is 0. The van der Waals surface area contributed by atoms with Crippen LogP contribution in [0.5, 0.6) is 0 Å². The second-order valence-corrected chi connectivity index (χ2v) is 8.95. The summed E-state index contributed by atoms with van der Waals surface area (Å²) in [6.07, 6.45) is -2.46. The second kappa shape index (κ2) is 12.5. The van der Waals surface area contributed by atoms with Crippen molar-refractivity contribution in [3.63, 3.8) is 0 Å². The first-order valence-corrected chi connectivity index (χ1v) is 10.5. The van der Waals surface area contributed by atoms with Gasteiger partial charge in [-0.2, -0.15) is 13.2 Å². The van der Waals surface area contributed by atoms with Gasteiger partial charge in [0.1, 0.15) is 5.83 Å². The van der Waals surface area contributed by atoms with Gasteiger partial charge in [0.05, 0.1) is 24.7 Å². The molecule has 1 atom stereocenters. The lowest BCUT2D eigenvalue weighted by Gasteiger charge is -2.22. The molecule has 1 unspecified atom stereocenters. The SMILES string of the molecule is C=C/C(C(CC(CC(=O)OCC)C(F)(F)F)=NSC(C)(C)C)=C(F)\C=C/CBr. The van der Waals surface area contributed by atoms with Gasteiger partial charge in [-0.3, -0.25) is 4.79 Å². The summed E-state index contributed by atoms with van der Waals surface area (Å²) in [6, 6.07) is 0. The lowest BCUT2D eigenvalue weighted by Crippen LogP contribution is -2.29. The van der Waals surface area contributed by atoms with Gasteiger partial charge in [-0.1, -0.05) is 34.7 Å². The minimum absolute atomic E-state index is 0.0198. The maximum absolute atomic E-state index is 14.5. The van der Waals surface area contributed by atoms with Gasteiger partial charge in [0.2, 0.25) is 0 Å². The number of halogens is 5. The maximum atomic E-state index is 14.5. The number of carbonyl (C=O) groups excluding carboxylic acids is 1. The van der Waals surface area contributed by atoms with Crippen LogP contribution < -0.4 is 0 Å². The highest BCUT2D eigenvalue weighted by atomic mass is 79.9. The van der Waals surface area contributed by atoms with E-state index in [-0.39, 0.29) is 17.9 Å². The predicted molar refractivity (Wildman–Crippen MR) is 111 cm³/mol. The van der Waals surface area contributed by atoms with Crippen LogP contribution in [0.3, 0.4) is 0 Å². The van der Waals surface area contributed by atoms with Crippen molar-refractivity contribution in [1.82, 2.24) is 0 Å². The molecule has 0 spiro atoms. The summed E-state index contributed by atoms with van der Waals surface area (Å²) < 4.78 is 63.4. The molecule has 0 aliphatic carbocycles. The van der Waals surface area contributed by atoms with Gasteiger partial charge in [0.15, 0.2) is 0 Å². The van der Waals surface area contributed by atoms with Crippen LogP contribution in [0.2, 0.25) is 0 Å². The number of allylic oxidation sites excluding steroid dienone is 5. The first kappa shape index (κ1) is 26.9. The number of carbonyl (C=O) groups is 1. The molecule has 0 aromatic carbocycles. The summed E-state index contributed by atoms with van der Waals surface area (Å²) in [5, 5.41) is 0.377. The van der Waals surface area contributed by atoms with E-state index in [1.165, 1.54) is 13.0 Å². The fraction of sp³-hybridized carbons (Fsp3) is 0.579. The van der Waals surface area contributed by atoms with Gasteiger partial charge in [-0.05, 0) is 45.7 Å². The van der Waals surface area contributed by atoms with Gasteiger partial charge in [0, 0.05) is 22.1 Å². The quantitative estimate of drug-likeness (QED) is 0.0852. The molecule has 0 saturated heterocycles. The highest BCUT2D eigenvalue weighted by molar-refractivity contribution is 9.09. The van der Waals surface area contributed by atoms with Crippen LogP contribution in [0.25, 0.3) is 0 Å². The fourth-order valence-corrected chi connectivity index (χ4v) is 2.68. The minimum Gasteiger partial charge on any atom is -0.466 e. The van der Waals surface area contributed by atoms with Gasteiger partial charge < -0.3 is 4.74 Å². The maximum Gasteiger partial charge on any atom is 0.392 e. The van der Waals surface area contributed by atoms with E-state index in [4.69, 9.17) is 0 Å². The molecule has 0 rings (SSSR count). The number of esters is 1. The van der Waals surface area contributed by atoms with E-state index in [0.717, 1.165) is 24.1 Å². The highest BCUT2D eigenvalue weighted by Gasteiger charge is 2.42. The number of ether oxygens (including phenoxy) is 1. The molecule has 28 heavy (non-hydrogen) atoms. The van der Waals surface area contributed by atoms with Crippen LogP contribution in [0.1, 0.15) is 40.5 Å². The van der Waals surface area contributed by atoms with Gasteiger partial charge in [-0.25, -0.2) is 8.79 Å². The van der Waals surface area contributed by atoms with Crippen LogP contribution in [0.4, 0.5) is 17.6 Å². The normalized spacial score (nSPS) is 15.4. The molecule has 0 heterocycles. The number of rotatable bonds is 10. The third-order valence-corrected chi connectivity index (χ3v) is 4.41. The summed E-state index contributed by atoms with van der Waals surface area (Å²) in [6.45, 7) is 10.5. The molecule has 0 aromatic rings. The van der Waals surface area contributed by atoms with Gasteiger partial charge >= 0.3 is 12.1 Å². The zero-order chi connectivity index (χ0) is 22.0. The zero-order valence-electron chi connectivity index (χ0n) is 16.4. The first-order valence-electron chi connectivity index (χ1n) is 8.58. The predicted octanol–water partition coefficient (Wildman–Crippen LogP) is 6.76. The van der Waals surface area contributed by atoms with Crippen LogP contribution in [-0.4, -0.2) is 34.5 Å². The lowest BCUT2D eigenvalue weighted by molar-refractivity contribution is -0.182. The van der Waals surface area contributed by atoms with E-state index in [1.807, 2.05) is 20.8 Å². The Morgan fingerprint density at radius 2 is 1.89 bits per heavy atom. The third-order valence-electron chi connectivity index (χ3n) is 3.18. The minimum atomic E-state index is -4.67. The van der Waals surface area contributed by atoms with E-state index in [0.29, 0.717) is 5.33 Å². The van der Waals surface area contributed by atoms with Gasteiger partial charge in [0.25, 0.3) is 0 Å². The average Bonchev–Trinajstić information content (AvgIpc) is 2.56. The molecule has 0 radical (unpaired) electrons. The Labute approximate surface area is 176 Å². The molecule has 9 heteroatoms. The van der Waals surface area contributed by atoms with E-state index in [2.05, 4.69) is 31.6 Å². The van der Waals surface area contributed by atoms with Crippen molar-refractivity contribution in [2.24, 2.45) is 10.3 Å². The Kier molecular flexibility index (Phi) is 12.0. The number of alkyl halides is 4. The molecule has 0 N–H and O–H groups in total. The Morgan fingerprint density at radius 3 is 2.32 bits per heavy atom. The van der Waals surface area contributed by atoms with Crippen LogP contribution in [0.15, 0.2) is 40.6 Å².